The second-order valence-corrected chi connectivity index (χ2v) is 6.07. The average molecular weight is 381 g/mol. The SMILES string of the molecule is O=C(O)c1cnc(NCCOc2ccc(F)cc2)nc1CCc1ccccc1. The number of rotatable bonds is 9. The van der Waals surface area contributed by atoms with Crippen LogP contribution in [0.15, 0.2) is 60.8 Å². The molecule has 3 aromatic rings. The van der Waals surface area contributed by atoms with Gasteiger partial charge in [-0.1, -0.05) is 30.3 Å². The second-order valence-electron chi connectivity index (χ2n) is 6.07. The Hall–Kier alpha value is -3.48. The van der Waals surface area contributed by atoms with Crippen LogP contribution in [0.4, 0.5) is 10.3 Å². The predicted octanol–water partition coefficient (Wildman–Crippen LogP) is 3.59. The summed E-state index contributed by atoms with van der Waals surface area (Å²) in [7, 11) is 0. The summed E-state index contributed by atoms with van der Waals surface area (Å²) in [5.41, 5.74) is 1.69. The van der Waals surface area contributed by atoms with Gasteiger partial charge in [-0.3, -0.25) is 0 Å². The number of carboxylic acids is 1. The van der Waals surface area contributed by atoms with Crippen molar-refractivity contribution in [2.75, 3.05) is 18.5 Å². The van der Waals surface area contributed by atoms with Gasteiger partial charge in [-0.05, 0) is 42.7 Å². The molecule has 0 aliphatic carbocycles. The van der Waals surface area contributed by atoms with Crippen molar-refractivity contribution in [2.45, 2.75) is 12.8 Å². The highest BCUT2D eigenvalue weighted by atomic mass is 19.1. The summed E-state index contributed by atoms with van der Waals surface area (Å²) in [5, 5.41) is 12.4. The number of aryl methyl sites for hydroxylation is 2. The maximum atomic E-state index is 12.9. The molecule has 144 valence electrons. The van der Waals surface area contributed by atoms with Crippen LogP contribution in [0.25, 0.3) is 0 Å². The van der Waals surface area contributed by atoms with Gasteiger partial charge in [0.05, 0.1) is 17.8 Å². The minimum Gasteiger partial charge on any atom is -0.492 e. The molecule has 0 saturated heterocycles. The van der Waals surface area contributed by atoms with E-state index in [1.165, 1.54) is 18.3 Å². The first kappa shape index (κ1) is 19.3. The molecular formula is C21H20FN3O3. The number of nitrogens with one attached hydrogen (secondary N) is 1. The number of nitrogens with zero attached hydrogens (tertiary/aromatic N) is 2. The molecule has 7 heteroatoms. The van der Waals surface area contributed by atoms with Gasteiger partial charge in [0.25, 0.3) is 0 Å². The van der Waals surface area contributed by atoms with Gasteiger partial charge >= 0.3 is 5.97 Å². The zero-order chi connectivity index (χ0) is 19.8. The van der Waals surface area contributed by atoms with E-state index in [0.717, 1.165) is 5.56 Å². The standard InChI is InChI=1S/C21H20FN3O3/c22-16-7-9-17(10-8-16)28-13-12-23-21-24-14-18(20(26)27)19(25-21)11-6-15-4-2-1-3-5-15/h1-5,7-10,14H,6,11-13H2,(H,26,27)(H,23,24,25). The summed E-state index contributed by atoms with van der Waals surface area (Å²) in [4.78, 5) is 19.9. The van der Waals surface area contributed by atoms with Crippen molar-refractivity contribution in [1.82, 2.24) is 9.97 Å². The zero-order valence-electron chi connectivity index (χ0n) is 15.1. The number of aromatic carboxylic acids is 1. The average Bonchev–Trinajstić information content (AvgIpc) is 2.71. The summed E-state index contributed by atoms with van der Waals surface area (Å²) in [5.74, 6) is -0.459. The first-order chi connectivity index (χ1) is 13.6. The molecule has 2 N–H and O–H groups in total. The molecule has 3 rings (SSSR count). The van der Waals surface area contributed by atoms with Gasteiger partial charge in [-0.15, -0.1) is 0 Å². The maximum Gasteiger partial charge on any atom is 0.339 e. The van der Waals surface area contributed by atoms with Crippen molar-refractivity contribution >= 4 is 11.9 Å². The molecule has 2 aromatic carbocycles. The third-order valence-electron chi connectivity index (χ3n) is 4.06. The molecule has 0 aliphatic rings. The fourth-order valence-electron chi connectivity index (χ4n) is 2.64. The highest BCUT2D eigenvalue weighted by Crippen LogP contribution is 2.13. The number of carbonyl (C=O) groups is 1. The molecule has 0 saturated carbocycles. The molecule has 0 spiro atoms. The quantitative estimate of drug-likeness (QED) is 0.551. The van der Waals surface area contributed by atoms with Crippen molar-refractivity contribution in [3.63, 3.8) is 0 Å². The maximum absolute atomic E-state index is 12.9. The van der Waals surface area contributed by atoms with Gasteiger partial charge in [0.2, 0.25) is 5.95 Å². The summed E-state index contributed by atoms with van der Waals surface area (Å²) in [6.45, 7) is 0.747. The first-order valence-corrected chi connectivity index (χ1v) is 8.87. The van der Waals surface area contributed by atoms with Crippen molar-refractivity contribution in [2.24, 2.45) is 0 Å². The third-order valence-corrected chi connectivity index (χ3v) is 4.06. The van der Waals surface area contributed by atoms with E-state index in [2.05, 4.69) is 15.3 Å². The number of hydrogen-bond donors (Lipinski definition) is 2. The number of anilines is 1. The predicted molar refractivity (Wildman–Crippen MR) is 103 cm³/mol. The van der Waals surface area contributed by atoms with Crippen LogP contribution in [0.2, 0.25) is 0 Å². The lowest BCUT2D eigenvalue weighted by Crippen LogP contribution is -2.15. The van der Waals surface area contributed by atoms with Crippen molar-refractivity contribution < 1.29 is 19.0 Å². The molecule has 1 aromatic heterocycles. The minimum atomic E-state index is -1.05. The minimum absolute atomic E-state index is 0.101. The van der Waals surface area contributed by atoms with Crippen LogP contribution >= 0.6 is 0 Å². The Bertz CT molecular complexity index is 918. The molecule has 0 bridgehead atoms. The number of carboxylic acid groups (broad SMARTS) is 1. The van der Waals surface area contributed by atoms with Crippen LogP contribution in [-0.4, -0.2) is 34.2 Å². The van der Waals surface area contributed by atoms with Gasteiger partial charge in [-0.25, -0.2) is 19.2 Å². The van der Waals surface area contributed by atoms with E-state index >= 15 is 0 Å². The Balaban J connectivity index is 1.58. The smallest absolute Gasteiger partial charge is 0.339 e. The Morgan fingerprint density at radius 3 is 2.54 bits per heavy atom. The molecule has 0 fully saturated rings. The monoisotopic (exact) mass is 381 g/mol. The van der Waals surface area contributed by atoms with Crippen LogP contribution < -0.4 is 10.1 Å². The fourth-order valence-corrected chi connectivity index (χ4v) is 2.64. The molecular weight excluding hydrogens is 361 g/mol. The van der Waals surface area contributed by atoms with Crippen molar-refractivity contribution in [3.8, 4) is 5.75 Å². The number of ether oxygens (including phenoxy) is 1. The molecule has 6 nitrogen and oxygen atoms in total. The number of halogens is 1. The van der Waals surface area contributed by atoms with Crippen LogP contribution in [-0.2, 0) is 12.8 Å². The van der Waals surface area contributed by atoms with Crippen LogP contribution in [0.1, 0.15) is 21.6 Å². The van der Waals surface area contributed by atoms with Gasteiger partial charge in [0, 0.05) is 6.20 Å². The number of aromatic nitrogens is 2. The van der Waals surface area contributed by atoms with Crippen molar-refractivity contribution in [1.29, 1.82) is 0 Å². The Morgan fingerprint density at radius 1 is 1.07 bits per heavy atom. The van der Waals surface area contributed by atoms with E-state index in [0.29, 0.717) is 43.4 Å². The van der Waals surface area contributed by atoms with E-state index in [9.17, 15) is 14.3 Å². The summed E-state index contributed by atoms with van der Waals surface area (Å²) in [6, 6.07) is 15.6. The second kappa shape index (κ2) is 9.45. The highest BCUT2D eigenvalue weighted by molar-refractivity contribution is 5.88. The first-order valence-electron chi connectivity index (χ1n) is 8.87. The molecule has 28 heavy (non-hydrogen) atoms. The summed E-state index contributed by atoms with van der Waals surface area (Å²) >= 11 is 0. The molecule has 0 aliphatic heterocycles. The van der Waals surface area contributed by atoms with Crippen molar-refractivity contribution in [3.05, 3.63) is 83.4 Å². The Labute approximate surface area is 162 Å². The lowest BCUT2D eigenvalue weighted by Gasteiger charge is -2.10. The lowest BCUT2D eigenvalue weighted by molar-refractivity contribution is 0.0694. The van der Waals surface area contributed by atoms with E-state index in [1.807, 2.05) is 30.3 Å². The third kappa shape index (κ3) is 5.51. The van der Waals surface area contributed by atoms with Gasteiger partial charge < -0.3 is 15.2 Å². The highest BCUT2D eigenvalue weighted by Gasteiger charge is 2.13. The number of hydrogen-bond acceptors (Lipinski definition) is 5. The Morgan fingerprint density at radius 2 is 1.82 bits per heavy atom. The normalized spacial score (nSPS) is 10.5. The van der Waals surface area contributed by atoms with E-state index in [4.69, 9.17) is 4.74 Å². The Kier molecular flexibility index (Phi) is 6.51. The number of benzene rings is 2. The molecule has 1 heterocycles. The van der Waals surface area contributed by atoms with E-state index < -0.39 is 5.97 Å². The largest absolute Gasteiger partial charge is 0.492 e. The zero-order valence-corrected chi connectivity index (χ0v) is 15.1. The van der Waals surface area contributed by atoms with Crippen LogP contribution in [0.5, 0.6) is 5.75 Å². The topological polar surface area (TPSA) is 84.3 Å². The van der Waals surface area contributed by atoms with E-state index in [1.54, 1.807) is 12.1 Å². The summed E-state index contributed by atoms with van der Waals surface area (Å²) < 4.78 is 18.4. The van der Waals surface area contributed by atoms with Crippen LogP contribution in [0.3, 0.4) is 0 Å². The molecule has 0 atom stereocenters. The van der Waals surface area contributed by atoms with Gasteiger partial charge in [0.1, 0.15) is 18.2 Å². The molecule has 0 amide bonds. The lowest BCUT2D eigenvalue weighted by atomic mass is 10.1. The van der Waals surface area contributed by atoms with Gasteiger partial charge in [-0.2, -0.15) is 0 Å². The molecule has 0 radical (unpaired) electrons. The van der Waals surface area contributed by atoms with Gasteiger partial charge in [0.15, 0.2) is 0 Å². The summed E-state index contributed by atoms with van der Waals surface area (Å²) in [6.07, 6.45) is 2.50. The molecule has 0 unspecified atom stereocenters. The van der Waals surface area contributed by atoms with E-state index in [-0.39, 0.29) is 11.4 Å². The fraction of sp³-hybridized carbons (Fsp3) is 0.190. The van der Waals surface area contributed by atoms with Crippen LogP contribution in [0, 0.1) is 5.82 Å².